The lowest BCUT2D eigenvalue weighted by molar-refractivity contribution is -0.124. The zero-order valence-electron chi connectivity index (χ0n) is 19.7. The molecule has 0 bridgehead atoms. The number of anilines is 2. The largest absolute Gasteiger partial charge is 0.497 e. The van der Waals surface area contributed by atoms with Gasteiger partial charge in [0.15, 0.2) is 0 Å². The molecule has 9 heteroatoms. The van der Waals surface area contributed by atoms with Crippen molar-refractivity contribution in [1.29, 1.82) is 0 Å². The van der Waals surface area contributed by atoms with Crippen LogP contribution in [0.25, 0.3) is 0 Å². The van der Waals surface area contributed by atoms with E-state index in [1.54, 1.807) is 55.5 Å². The molecular weight excluding hydrogens is 438 g/mol. The SMILES string of the molecule is CCOC(=O)c1ccc(NC(=O)CC2C(=O)N(c3cccc(OC)c3)C(=O)N2CC(C)C)cc1. The third-order valence-corrected chi connectivity index (χ3v) is 5.25. The summed E-state index contributed by atoms with van der Waals surface area (Å²) in [6.07, 6.45) is -0.197. The van der Waals surface area contributed by atoms with E-state index in [0.717, 1.165) is 4.90 Å². The average Bonchev–Trinajstić information content (AvgIpc) is 3.03. The van der Waals surface area contributed by atoms with Crippen molar-refractivity contribution in [3.8, 4) is 5.75 Å². The van der Waals surface area contributed by atoms with Gasteiger partial charge in [0.1, 0.15) is 11.8 Å². The molecule has 1 aliphatic rings. The molecule has 1 N–H and O–H groups in total. The van der Waals surface area contributed by atoms with Crippen LogP contribution < -0.4 is 15.0 Å². The zero-order chi connectivity index (χ0) is 24.8. The number of carbonyl (C=O) groups is 4. The van der Waals surface area contributed by atoms with E-state index in [2.05, 4.69) is 5.32 Å². The zero-order valence-corrected chi connectivity index (χ0v) is 19.7. The Bertz CT molecular complexity index is 1070. The molecule has 4 amide bonds. The molecule has 0 aliphatic carbocycles. The predicted octanol–water partition coefficient (Wildman–Crippen LogP) is 3.69. The maximum Gasteiger partial charge on any atom is 0.338 e. The summed E-state index contributed by atoms with van der Waals surface area (Å²) in [6.45, 7) is 6.20. The monoisotopic (exact) mass is 467 g/mol. The van der Waals surface area contributed by atoms with Gasteiger partial charge in [-0.2, -0.15) is 0 Å². The Labute approximate surface area is 198 Å². The van der Waals surface area contributed by atoms with Crippen molar-refractivity contribution in [2.24, 2.45) is 5.92 Å². The summed E-state index contributed by atoms with van der Waals surface area (Å²) in [5.74, 6) is -0.718. The van der Waals surface area contributed by atoms with Crippen molar-refractivity contribution in [2.75, 3.05) is 30.5 Å². The second-order valence-corrected chi connectivity index (χ2v) is 8.27. The molecule has 2 aromatic carbocycles. The summed E-state index contributed by atoms with van der Waals surface area (Å²) in [5.41, 5.74) is 1.23. The molecule has 1 aliphatic heterocycles. The first-order valence-electron chi connectivity index (χ1n) is 11.1. The number of nitrogens with one attached hydrogen (secondary N) is 1. The van der Waals surface area contributed by atoms with Gasteiger partial charge in [0.2, 0.25) is 5.91 Å². The van der Waals surface area contributed by atoms with Gasteiger partial charge in [-0.1, -0.05) is 19.9 Å². The lowest BCUT2D eigenvalue weighted by Crippen LogP contribution is -2.40. The first-order chi connectivity index (χ1) is 16.2. The second-order valence-electron chi connectivity index (χ2n) is 8.27. The van der Waals surface area contributed by atoms with Crippen LogP contribution in [0.4, 0.5) is 16.2 Å². The van der Waals surface area contributed by atoms with E-state index in [1.165, 1.54) is 12.0 Å². The number of rotatable bonds is 9. The third-order valence-electron chi connectivity index (χ3n) is 5.25. The van der Waals surface area contributed by atoms with Crippen LogP contribution >= 0.6 is 0 Å². The summed E-state index contributed by atoms with van der Waals surface area (Å²) in [5, 5.41) is 2.73. The Hall–Kier alpha value is -3.88. The summed E-state index contributed by atoms with van der Waals surface area (Å²) in [6, 6.07) is 11.5. The maximum atomic E-state index is 13.3. The molecule has 1 fully saturated rings. The number of urea groups is 1. The molecule has 180 valence electrons. The average molecular weight is 468 g/mol. The van der Waals surface area contributed by atoms with E-state index < -0.39 is 29.9 Å². The van der Waals surface area contributed by atoms with Crippen LogP contribution in [0.5, 0.6) is 5.75 Å². The van der Waals surface area contributed by atoms with Gasteiger partial charge < -0.3 is 19.7 Å². The quantitative estimate of drug-likeness (QED) is 0.445. The van der Waals surface area contributed by atoms with Gasteiger partial charge in [0, 0.05) is 18.3 Å². The molecule has 1 heterocycles. The Balaban J connectivity index is 1.76. The minimum atomic E-state index is -0.931. The van der Waals surface area contributed by atoms with E-state index in [9.17, 15) is 19.2 Å². The minimum Gasteiger partial charge on any atom is -0.497 e. The summed E-state index contributed by atoms with van der Waals surface area (Å²) >= 11 is 0. The number of hydrogen-bond acceptors (Lipinski definition) is 6. The maximum absolute atomic E-state index is 13.3. The highest BCUT2D eigenvalue weighted by atomic mass is 16.5. The van der Waals surface area contributed by atoms with Crippen molar-refractivity contribution >= 4 is 35.2 Å². The molecular formula is C25H29N3O6. The molecule has 1 atom stereocenters. The molecule has 1 unspecified atom stereocenters. The van der Waals surface area contributed by atoms with E-state index in [0.29, 0.717) is 29.2 Å². The lowest BCUT2D eigenvalue weighted by Gasteiger charge is -2.23. The number of benzene rings is 2. The fourth-order valence-electron chi connectivity index (χ4n) is 3.71. The first-order valence-corrected chi connectivity index (χ1v) is 11.1. The molecule has 1 saturated heterocycles. The molecule has 0 spiro atoms. The second kappa shape index (κ2) is 10.8. The number of carbonyl (C=O) groups excluding carboxylic acids is 4. The van der Waals surface area contributed by atoms with Crippen LogP contribution in [0.15, 0.2) is 48.5 Å². The smallest absolute Gasteiger partial charge is 0.338 e. The molecule has 0 aromatic heterocycles. The number of ether oxygens (including phenoxy) is 2. The topological polar surface area (TPSA) is 105 Å². The number of methoxy groups -OCH3 is 1. The highest BCUT2D eigenvalue weighted by Crippen LogP contribution is 2.30. The Morgan fingerprint density at radius 3 is 2.41 bits per heavy atom. The van der Waals surface area contributed by atoms with E-state index in [1.807, 2.05) is 13.8 Å². The van der Waals surface area contributed by atoms with Crippen LogP contribution in [0.1, 0.15) is 37.6 Å². The number of amides is 4. The normalized spacial score (nSPS) is 15.6. The van der Waals surface area contributed by atoms with Crippen molar-refractivity contribution in [2.45, 2.75) is 33.2 Å². The highest BCUT2D eigenvalue weighted by molar-refractivity contribution is 6.22. The van der Waals surface area contributed by atoms with Crippen molar-refractivity contribution in [3.63, 3.8) is 0 Å². The van der Waals surface area contributed by atoms with Gasteiger partial charge in [0.05, 0.1) is 31.4 Å². The van der Waals surface area contributed by atoms with Crippen molar-refractivity contribution < 1.29 is 28.7 Å². The molecule has 0 saturated carbocycles. The Morgan fingerprint density at radius 1 is 1.09 bits per heavy atom. The van der Waals surface area contributed by atoms with Crippen LogP contribution in [0.3, 0.4) is 0 Å². The van der Waals surface area contributed by atoms with Gasteiger partial charge in [-0.15, -0.1) is 0 Å². The van der Waals surface area contributed by atoms with Crippen LogP contribution in [0.2, 0.25) is 0 Å². The minimum absolute atomic E-state index is 0.1000. The van der Waals surface area contributed by atoms with Gasteiger partial charge in [-0.25, -0.2) is 14.5 Å². The summed E-state index contributed by atoms with van der Waals surface area (Å²) in [4.78, 5) is 53.5. The fraction of sp³-hybridized carbons (Fsp3) is 0.360. The molecule has 9 nitrogen and oxygen atoms in total. The van der Waals surface area contributed by atoms with Crippen molar-refractivity contribution in [3.05, 3.63) is 54.1 Å². The summed E-state index contributed by atoms with van der Waals surface area (Å²) in [7, 11) is 1.50. The number of esters is 1. The third kappa shape index (κ3) is 5.54. The van der Waals surface area contributed by atoms with Gasteiger partial charge in [-0.05, 0) is 49.2 Å². The van der Waals surface area contributed by atoms with Crippen LogP contribution in [-0.2, 0) is 14.3 Å². The fourth-order valence-corrected chi connectivity index (χ4v) is 3.71. The summed E-state index contributed by atoms with van der Waals surface area (Å²) < 4.78 is 10.2. The molecule has 34 heavy (non-hydrogen) atoms. The van der Waals surface area contributed by atoms with Crippen LogP contribution in [0, 0.1) is 5.92 Å². The van der Waals surface area contributed by atoms with Gasteiger partial charge >= 0.3 is 12.0 Å². The Morgan fingerprint density at radius 2 is 1.79 bits per heavy atom. The van der Waals surface area contributed by atoms with Gasteiger partial charge in [-0.3, -0.25) is 9.59 Å². The molecule has 0 radical (unpaired) electrons. The standard InChI is InChI=1S/C25H29N3O6/c1-5-34-24(31)17-9-11-18(12-10-17)26-22(29)14-21-23(30)28(25(32)27(21)15-16(2)3)19-7-6-8-20(13-19)33-4/h6-13,16,21H,5,14-15H2,1-4H3,(H,26,29). The highest BCUT2D eigenvalue weighted by Gasteiger charge is 2.46. The van der Waals surface area contributed by atoms with Gasteiger partial charge in [0.25, 0.3) is 5.91 Å². The predicted molar refractivity (Wildman–Crippen MR) is 127 cm³/mol. The Kier molecular flexibility index (Phi) is 7.88. The van der Waals surface area contributed by atoms with E-state index >= 15 is 0 Å². The van der Waals surface area contributed by atoms with Crippen molar-refractivity contribution in [1.82, 2.24) is 4.90 Å². The molecule has 3 rings (SSSR count). The lowest BCUT2D eigenvalue weighted by atomic mass is 10.1. The van der Waals surface area contributed by atoms with Crippen LogP contribution in [-0.4, -0.2) is 55.0 Å². The molecule has 2 aromatic rings. The first kappa shape index (κ1) is 24.8. The van der Waals surface area contributed by atoms with E-state index in [4.69, 9.17) is 9.47 Å². The number of nitrogens with zero attached hydrogens (tertiary/aromatic N) is 2. The number of imide groups is 1. The van der Waals surface area contributed by atoms with E-state index in [-0.39, 0.29) is 18.9 Å². The number of hydrogen-bond donors (Lipinski definition) is 1.